The number of non-ortho nitro benzene ring substituents is 1. The number of aliphatic carboxylic acids is 1. The highest BCUT2D eigenvalue weighted by molar-refractivity contribution is 5.95. The third-order valence-corrected chi connectivity index (χ3v) is 3.91. The molecular weight excluding hydrogens is 302 g/mol. The first-order chi connectivity index (χ1) is 10.8. The molecule has 8 heteroatoms. The zero-order valence-electron chi connectivity index (χ0n) is 12.8. The second-order valence-corrected chi connectivity index (χ2v) is 5.12. The Kier molecular flexibility index (Phi) is 5.79. The minimum atomic E-state index is -1.17. The lowest BCUT2D eigenvalue weighted by atomic mass is 9.79. The van der Waals surface area contributed by atoms with Gasteiger partial charge >= 0.3 is 5.97 Å². The molecule has 1 rings (SSSR count). The number of rotatable bonds is 7. The predicted octanol–water partition coefficient (Wildman–Crippen LogP) is 2.69. The molecule has 0 aromatic heterocycles. The van der Waals surface area contributed by atoms with Crippen molar-refractivity contribution >= 4 is 23.3 Å². The fourth-order valence-corrected chi connectivity index (χ4v) is 2.23. The summed E-state index contributed by atoms with van der Waals surface area (Å²) < 4.78 is 0. The van der Waals surface area contributed by atoms with Crippen molar-refractivity contribution in [3.8, 4) is 6.07 Å². The van der Waals surface area contributed by atoms with Gasteiger partial charge in [-0.3, -0.25) is 19.7 Å². The second kappa shape index (κ2) is 7.35. The number of carbonyl (C=O) groups excluding carboxylic acids is 1. The average Bonchev–Trinajstić information content (AvgIpc) is 2.52. The van der Waals surface area contributed by atoms with Crippen LogP contribution < -0.4 is 5.32 Å². The Morgan fingerprint density at radius 3 is 2.43 bits per heavy atom. The molecule has 0 aliphatic rings. The lowest BCUT2D eigenvalue weighted by Crippen LogP contribution is -2.34. The lowest BCUT2D eigenvalue weighted by Gasteiger charge is -2.25. The van der Waals surface area contributed by atoms with E-state index in [1.807, 2.05) is 0 Å². The van der Waals surface area contributed by atoms with Crippen LogP contribution in [-0.2, 0) is 9.59 Å². The summed E-state index contributed by atoms with van der Waals surface area (Å²) in [5.74, 6) is -1.61. The molecule has 0 spiro atoms. The third-order valence-electron chi connectivity index (χ3n) is 3.91. The summed E-state index contributed by atoms with van der Waals surface area (Å²) in [6.45, 7) is 3.38. The van der Waals surface area contributed by atoms with Gasteiger partial charge < -0.3 is 10.4 Å². The van der Waals surface area contributed by atoms with Crippen LogP contribution in [0.2, 0.25) is 0 Å². The molecule has 0 aliphatic carbocycles. The molecule has 1 aromatic carbocycles. The first-order valence-electron chi connectivity index (χ1n) is 7.01. The van der Waals surface area contributed by atoms with Crippen LogP contribution >= 0.6 is 0 Å². The van der Waals surface area contributed by atoms with Gasteiger partial charge in [0.15, 0.2) is 0 Å². The van der Waals surface area contributed by atoms with Crippen molar-refractivity contribution in [1.82, 2.24) is 0 Å². The molecule has 0 saturated heterocycles. The summed E-state index contributed by atoms with van der Waals surface area (Å²) in [4.78, 5) is 33.6. The van der Waals surface area contributed by atoms with E-state index >= 15 is 0 Å². The standard InChI is InChI=1S/C15H17N3O5/c1-3-15(4-2,14(20)21)8-13(19)17-12-6-5-11(18(22)23)7-10(12)9-16/h5-7H,3-4,8H2,1-2H3,(H,17,19)(H,20,21). The van der Waals surface area contributed by atoms with E-state index < -0.39 is 22.2 Å². The number of carbonyl (C=O) groups is 2. The Bertz CT molecular complexity index is 674. The first kappa shape index (κ1) is 18.1. The zero-order chi connectivity index (χ0) is 17.6. The average molecular weight is 319 g/mol. The van der Waals surface area contributed by atoms with Gasteiger partial charge in [0.2, 0.25) is 5.91 Å². The minimum Gasteiger partial charge on any atom is -0.481 e. The number of nitro groups is 1. The maximum atomic E-state index is 12.1. The summed E-state index contributed by atoms with van der Waals surface area (Å²) in [5.41, 5.74) is -1.37. The molecule has 0 heterocycles. The van der Waals surface area contributed by atoms with Crippen molar-refractivity contribution < 1.29 is 19.6 Å². The van der Waals surface area contributed by atoms with Crippen LogP contribution in [0.15, 0.2) is 18.2 Å². The maximum Gasteiger partial charge on any atom is 0.310 e. The number of anilines is 1. The van der Waals surface area contributed by atoms with Crippen molar-refractivity contribution in [3.63, 3.8) is 0 Å². The van der Waals surface area contributed by atoms with Gasteiger partial charge in [0.05, 0.1) is 21.6 Å². The van der Waals surface area contributed by atoms with Gasteiger partial charge in [0, 0.05) is 18.6 Å². The molecule has 122 valence electrons. The highest BCUT2D eigenvalue weighted by Gasteiger charge is 2.37. The molecule has 8 nitrogen and oxygen atoms in total. The summed E-state index contributed by atoms with van der Waals surface area (Å²) >= 11 is 0. The first-order valence-corrected chi connectivity index (χ1v) is 7.01. The molecular formula is C15H17N3O5. The van der Waals surface area contributed by atoms with E-state index in [2.05, 4.69) is 5.32 Å². The Hall–Kier alpha value is -2.95. The van der Waals surface area contributed by atoms with Crippen LogP contribution in [0, 0.1) is 26.9 Å². The SMILES string of the molecule is CCC(CC)(CC(=O)Nc1ccc([N+](=O)[O-])cc1C#N)C(=O)O. The van der Waals surface area contributed by atoms with Crippen LogP contribution in [0.1, 0.15) is 38.7 Å². The van der Waals surface area contributed by atoms with E-state index in [9.17, 15) is 24.8 Å². The molecule has 0 unspecified atom stereocenters. The molecule has 0 bridgehead atoms. The predicted molar refractivity (Wildman–Crippen MR) is 81.7 cm³/mol. The van der Waals surface area contributed by atoms with E-state index in [-0.39, 0.29) is 36.2 Å². The molecule has 2 N–H and O–H groups in total. The van der Waals surface area contributed by atoms with Crippen molar-refractivity contribution in [2.75, 3.05) is 5.32 Å². The van der Waals surface area contributed by atoms with Gasteiger partial charge in [-0.2, -0.15) is 5.26 Å². The van der Waals surface area contributed by atoms with E-state index in [4.69, 9.17) is 5.26 Å². The number of benzene rings is 1. The smallest absolute Gasteiger partial charge is 0.310 e. The lowest BCUT2D eigenvalue weighted by molar-refractivity contribution is -0.384. The Labute approximate surface area is 132 Å². The third kappa shape index (κ3) is 4.03. The number of hydrogen-bond acceptors (Lipinski definition) is 5. The van der Waals surface area contributed by atoms with Gasteiger partial charge in [0.1, 0.15) is 6.07 Å². The van der Waals surface area contributed by atoms with E-state index in [0.29, 0.717) is 0 Å². The van der Waals surface area contributed by atoms with Gasteiger partial charge in [-0.25, -0.2) is 0 Å². The Balaban J connectivity index is 3.00. The van der Waals surface area contributed by atoms with Crippen LogP contribution in [0.3, 0.4) is 0 Å². The highest BCUT2D eigenvalue weighted by atomic mass is 16.6. The van der Waals surface area contributed by atoms with Gasteiger partial charge in [-0.15, -0.1) is 0 Å². The quantitative estimate of drug-likeness (QED) is 0.586. The number of nitrogens with one attached hydrogen (secondary N) is 1. The number of nitriles is 1. The summed E-state index contributed by atoms with van der Waals surface area (Å²) in [5, 5.41) is 31.5. The Morgan fingerprint density at radius 1 is 1.39 bits per heavy atom. The number of carboxylic acid groups (broad SMARTS) is 1. The molecule has 1 amide bonds. The normalized spacial score (nSPS) is 10.7. The number of nitrogens with zero attached hydrogens (tertiary/aromatic N) is 2. The summed E-state index contributed by atoms with van der Waals surface area (Å²) in [7, 11) is 0. The summed E-state index contributed by atoms with van der Waals surface area (Å²) in [6, 6.07) is 5.26. The van der Waals surface area contributed by atoms with Crippen molar-refractivity contribution in [1.29, 1.82) is 5.26 Å². The fraction of sp³-hybridized carbons (Fsp3) is 0.400. The largest absolute Gasteiger partial charge is 0.481 e. The van der Waals surface area contributed by atoms with Crippen molar-refractivity contribution in [3.05, 3.63) is 33.9 Å². The topological polar surface area (TPSA) is 133 Å². The van der Waals surface area contributed by atoms with Gasteiger partial charge in [0.25, 0.3) is 5.69 Å². The number of amides is 1. The van der Waals surface area contributed by atoms with Gasteiger partial charge in [-0.05, 0) is 18.9 Å². The molecule has 1 aromatic rings. The van der Waals surface area contributed by atoms with E-state index in [1.54, 1.807) is 19.9 Å². The van der Waals surface area contributed by atoms with Crippen LogP contribution in [0.4, 0.5) is 11.4 Å². The Morgan fingerprint density at radius 2 is 2.00 bits per heavy atom. The van der Waals surface area contributed by atoms with Crippen LogP contribution in [0.25, 0.3) is 0 Å². The number of carboxylic acids is 1. The minimum absolute atomic E-state index is 0.0542. The van der Waals surface area contributed by atoms with Crippen LogP contribution in [0.5, 0.6) is 0 Å². The molecule has 0 atom stereocenters. The molecule has 0 aliphatic heterocycles. The highest BCUT2D eigenvalue weighted by Crippen LogP contribution is 2.32. The maximum absolute atomic E-state index is 12.1. The molecule has 0 fully saturated rings. The monoisotopic (exact) mass is 319 g/mol. The van der Waals surface area contributed by atoms with E-state index in [0.717, 1.165) is 6.07 Å². The zero-order valence-corrected chi connectivity index (χ0v) is 12.8. The van der Waals surface area contributed by atoms with E-state index in [1.165, 1.54) is 12.1 Å². The molecule has 0 saturated carbocycles. The number of hydrogen-bond donors (Lipinski definition) is 2. The van der Waals surface area contributed by atoms with Crippen molar-refractivity contribution in [2.45, 2.75) is 33.1 Å². The second-order valence-electron chi connectivity index (χ2n) is 5.12. The van der Waals surface area contributed by atoms with Crippen molar-refractivity contribution in [2.24, 2.45) is 5.41 Å². The van der Waals surface area contributed by atoms with Crippen LogP contribution in [-0.4, -0.2) is 21.9 Å². The van der Waals surface area contributed by atoms with Gasteiger partial charge in [-0.1, -0.05) is 13.8 Å². The summed E-state index contributed by atoms with van der Waals surface area (Å²) in [6.07, 6.45) is 0.340. The number of nitro benzene ring substituents is 1. The fourth-order valence-electron chi connectivity index (χ4n) is 2.23. The molecule has 23 heavy (non-hydrogen) atoms. The molecule has 0 radical (unpaired) electrons.